The number of hydrogen-bond acceptors (Lipinski definition) is 3. The normalized spacial score (nSPS) is 11.4. The molecule has 1 aromatic carbocycles. The van der Waals surface area contributed by atoms with Crippen molar-refractivity contribution in [3.8, 4) is 0 Å². The minimum absolute atomic E-state index is 0.132. The van der Waals surface area contributed by atoms with Crippen molar-refractivity contribution in [2.24, 2.45) is 10.7 Å². The topological polar surface area (TPSA) is 55.4 Å². The van der Waals surface area contributed by atoms with E-state index in [1.165, 1.54) is 0 Å². The van der Waals surface area contributed by atoms with Crippen LogP contribution in [0.4, 0.5) is 0 Å². The first-order valence-electron chi connectivity index (χ1n) is 4.33. The van der Waals surface area contributed by atoms with Gasteiger partial charge < -0.3 is 10.5 Å². The number of halogens is 1. The molecule has 0 bridgehead atoms. The molecule has 0 unspecified atom stereocenters. The molecule has 0 fully saturated rings. The van der Waals surface area contributed by atoms with E-state index in [0.717, 1.165) is 11.2 Å². The molecule has 0 saturated heterocycles. The molecule has 0 aromatic heterocycles. The fraction of sp³-hybridized carbons (Fsp3) is 0.200. The Morgan fingerprint density at radius 1 is 1.47 bits per heavy atom. The Morgan fingerprint density at radius 2 is 2.13 bits per heavy atom. The number of carbonyl (C=O) groups excluding carboxylic acids is 1. The van der Waals surface area contributed by atoms with Crippen molar-refractivity contribution in [2.45, 2.75) is 4.90 Å². The highest BCUT2D eigenvalue weighted by Crippen LogP contribution is 2.19. The van der Waals surface area contributed by atoms with Crippen LogP contribution in [0.3, 0.4) is 0 Å². The van der Waals surface area contributed by atoms with E-state index in [2.05, 4.69) is 4.99 Å². The average Bonchev–Trinajstić information content (AvgIpc) is 2.25. The number of nitrogens with zero attached hydrogens (tertiary/aromatic N) is 1. The molecule has 0 amide bonds. The molecule has 1 aromatic rings. The average molecular weight is 243 g/mol. The summed E-state index contributed by atoms with van der Waals surface area (Å²) in [5.74, 6) is 1.05. The molecule has 0 spiro atoms. The monoisotopic (exact) mass is 242 g/mol. The first-order valence-corrected chi connectivity index (χ1v) is 5.69. The third kappa shape index (κ3) is 4.85. The van der Waals surface area contributed by atoms with Crippen molar-refractivity contribution in [2.75, 3.05) is 12.3 Å². The summed E-state index contributed by atoms with van der Waals surface area (Å²) in [5, 5.41) is 0.710. The van der Waals surface area contributed by atoms with Gasteiger partial charge in [0.2, 0.25) is 0 Å². The van der Waals surface area contributed by atoms with Crippen molar-refractivity contribution in [3.05, 3.63) is 29.3 Å². The fourth-order valence-electron chi connectivity index (χ4n) is 0.888. The van der Waals surface area contributed by atoms with Gasteiger partial charge in [-0.1, -0.05) is 11.6 Å². The Hall–Kier alpha value is -1.00. The molecule has 1 rings (SSSR count). The zero-order chi connectivity index (χ0) is 11.1. The highest BCUT2D eigenvalue weighted by molar-refractivity contribution is 8.00. The van der Waals surface area contributed by atoms with Gasteiger partial charge in [0.05, 0.1) is 12.3 Å². The van der Waals surface area contributed by atoms with Gasteiger partial charge in [-0.2, -0.15) is 0 Å². The van der Waals surface area contributed by atoms with Crippen LogP contribution >= 0.6 is 23.4 Å². The van der Waals surface area contributed by atoms with Crippen molar-refractivity contribution in [1.82, 2.24) is 0 Å². The summed E-state index contributed by atoms with van der Waals surface area (Å²) in [5.41, 5.74) is 5.58. The van der Waals surface area contributed by atoms with Gasteiger partial charge in [-0.25, -0.2) is 0 Å². The van der Waals surface area contributed by atoms with Crippen molar-refractivity contribution in [3.63, 3.8) is 0 Å². The van der Waals surface area contributed by atoms with Crippen LogP contribution < -0.4 is 5.73 Å². The second-order valence-electron chi connectivity index (χ2n) is 2.74. The summed E-state index contributed by atoms with van der Waals surface area (Å²) >= 11 is 7.30. The van der Waals surface area contributed by atoms with E-state index in [0.29, 0.717) is 16.6 Å². The third-order valence-corrected chi connectivity index (χ3v) is 2.87. The number of benzene rings is 1. The van der Waals surface area contributed by atoms with Crippen LogP contribution in [0.5, 0.6) is 0 Å². The largest absolute Gasteiger partial charge is 0.387 e. The predicted octanol–water partition coefficient (Wildman–Crippen LogP) is 1.99. The lowest BCUT2D eigenvalue weighted by Gasteiger charge is -2.00. The van der Waals surface area contributed by atoms with Crippen molar-refractivity contribution in [1.29, 1.82) is 0 Å². The first kappa shape index (κ1) is 12.1. The molecule has 0 atom stereocenters. The number of aldehydes is 1. The quantitative estimate of drug-likeness (QED) is 0.372. The van der Waals surface area contributed by atoms with E-state index < -0.39 is 0 Å². The number of amidine groups is 1. The van der Waals surface area contributed by atoms with Crippen molar-refractivity contribution < 1.29 is 4.79 Å². The van der Waals surface area contributed by atoms with Crippen LogP contribution in [-0.2, 0) is 4.79 Å². The number of nitrogens with two attached hydrogens (primary N) is 1. The zero-order valence-corrected chi connectivity index (χ0v) is 9.59. The van der Waals surface area contributed by atoms with E-state index in [1.807, 2.05) is 24.3 Å². The summed E-state index contributed by atoms with van der Waals surface area (Å²) in [6.07, 6.45) is 0.722. The van der Waals surface area contributed by atoms with Crippen LogP contribution in [0, 0.1) is 0 Å². The molecule has 3 nitrogen and oxygen atoms in total. The van der Waals surface area contributed by atoms with E-state index in [4.69, 9.17) is 17.3 Å². The summed E-state index contributed by atoms with van der Waals surface area (Å²) < 4.78 is 0. The third-order valence-electron chi connectivity index (χ3n) is 1.57. The van der Waals surface area contributed by atoms with Gasteiger partial charge in [-0.15, -0.1) is 11.8 Å². The molecule has 15 heavy (non-hydrogen) atoms. The van der Waals surface area contributed by atoms with Crippen LogP contribution in [0.25, 0.3) is 0 Å². The fourth-order valence-corrected chi connectivity index (χ4v) is 1.75. The van der Waals surface area contributed by atoms with E-state index >= 15 is 0 Å². The maximum atomic E-state index is 10.0. The van der Waals surface area contributed by atoms with Gasteiger partial charge in [-0.3, -0.25) is 4.99 Å². The Kier molecular flexibility index (Phi) is 5.21. The van der Waals surface area contributed by atoms with Crippen LogP contribution in [0.15, 0.2) is 34.2 Å². The lowest BCUT2D eigenvalue weighted by molar-refractivity contribution is -0.106. The Labute approximate surface area is 97.7 Å². The molecule has 5 heteroatoms. The molecular weight excluding hydrogens is 232 g/mol. The molecule has 0 saturated carbocycles. The zero-order valence-electron chi connectivity index (χ0n) is 8.02. The van der Waals surface area contributed by atoms with Crippen LogP contribution in [0.2, 0.25) is 5.02 Å². The highest BCUT2D eigenvalue weighted by atomic mass is 35.5. The number of carbonyl (C=O) groups is 1. The summed E-state index contributed by atoms with van der Waals surface area (Å²) in [4.78, 5) is 15.0. The molecule has 0 aliphatic heterocycles. The molecule has 0 aliphatic rings. The lowest BCUT2D eigenvalue weighted by Crippen LogP contribution is -2.15. The molecule has 0 radical (unpaired) electrons. The smallest absolute Gasteiger partial charge is 0.141 e. The number of aliphatic imine (C=N–C) groups is 1. The number of hydrogen-bond donors (Lipinski definition) is 1. The number of rotatable bonds is 5. The summed E-state index contributed by atoms with van der Waals surface area (Å²) in [7, 11) is 0. The molecule has 2 N–H and O–H groups in total. The van der Waals surface area contributed by atoms with Gasteiger partial charge in [0.1, 0.15) is 12.1 Å². The van der Waals surface area contributed by atoms with E-state index in [9.17, 15) is 4.79 Å². The second-order valence-corrected chi connectivity index (χ2v) is 4.23. The standard InChI is InChI=1S/C10H11ClN2OS/c11-8-1-3-9(4-2-8)15-7-10(12)13-5-6-14/h1-4,6H,5,7H2,(H2,12,13). The van der Waals surface area contributed by atoms with Gasteiger partial charge in [-0.05, 0) is 24.3 Å². The van der Waals surface area contributed by atoms with Crippen LogP contribution in [-0.4, -0.2) is 24.4 Å². The van der Waals surface area contributed by atoms with Crippen molar-refractivity contribution >= 4 is 35.5 Å². The van der Waals surface area contributed by atoms with Gasteiger partial charge in [0.15, 0.2) is 0 Å². The first-order chi connectivity index (χ1) is 7.22. The summed E-state index contributed by atoms with van der Waals surface area (Å²) in [6.45, 7) is 0.132. The maximum Gasteiger partial charge on any atom is 0.141 e. The van der Waals surface area contributed by atoms with Crippen LogP contribution in [0.1, 0.15) is 0 Å². The predicted molar refractivity (Wildman–Crippen MR) is 64.7 cm³/mol. The van der Waals surface area contributed by atoms with Gasteiger partial charge >= 0.3 is 0 Å². The Bertz CT molecular complexity index is 351. The molecule has 0 heterocycles. The second kappa shape index (κ2) is 6.48. The van der Waals surface area contributed by atoms with E-state index in [-0.39, 0.29) is 6.54 Å². The molecule has 0 aliphatic carbocycles. The minimum Gasteiger partial charge on any atom is -0.387 e. The van der Waals surface area contributed by atoms with Gasteiger partial charge in [0.25, 0.3) is 0 Å². The van der Waals surface area contributed by atoms with Gasteiger partial charge in [0, 0.05) is 9.92 Å². The minimum atomic E-state index is 0.132. The SMILES string of the molecule is NC(CSc1ccc(Cl)cc1)=NCC=O. The Balaban J connectivity index is 2.43. The maximum absolute atomic E-state index is 10.0. The summed E-state index contributed by atoms with van der Waals surface area (Å²) in [6, 6.07) is 7.48. The number of thioether (sulfide) groups is 1. The lowest BCUT2D eigenvalue weighted by atomic mass is 10.4. The molecule has 80 valence electrons. The highest BCUT2D eigenvalue weighted by Gasteiger charge is 1.96. The van der Waals surface area contributed by atoms with E-state index in [1.54, 1.807) is 11.8 Å². The Morgan fingerprint density at radius 3 is 2.73 bits per heavy atom. The molecular formula is C10H11ClN2OS.